The van der Waals surface area contributed by atoms with Crippen LogP contribution in [-0.2, 0) is 4.79 Å². The third-order valence-corrected chi connectivity index (χ3v) is 3.98. The van der Waals surface area contributed by atoms with E-state index in [1.54, 1.807) is 0 Å². The van der Waals surface area contributed by atoms with Crippen molar-refractivity contribution < 1.29 is 9.90 Å². The van der Waals surface area contributed by atoms with E-state index in [0.29, 0.717) is 23.0 Å². The molecule has 19 heavy (non-hydrogen) atoms. The fraction of sp³-hybridized carbons (Fsp3) is 0.429. The largest absolute Gasteiger partial charge is 0.483 e. The van der Waals surface area contributed by atoms with E-state index in [-0.39, 0.29) is 6.47 Å². The number of aromatic nitrogens is 1. The van der Waals surface area contributed by atoms with Gasteiger partial charge in [-0.25, -0.2) is 4.98 Å². The molecule has 4 nitrogen and oxygen atoms in total. The Bertz CT molecular complexity index is 461. The number of pyridine rings is 1. The molecule has 1 aliphatic carbocycles. The molecule has 0 amide bonds. The summed E-state index contributed by atoms with van der Waals surface area (Å²) in [7, 11) is 2.21. The standard InChI is InChI=1S/C13H15ClN2.CH2O2/c1-16-8-9-2-4-12(16)11(6-9)10-3-5-13(14)15-7-10;2-1-3/h2-5,7,9,11-12H,6,8H2,1H3;1H,(H,2,3). The van der Waals surface area contributed by atoms with Crippen molar-refractivity contribution >= 4 is 18.1 Å². The van der Waals surface area contributed by atoms with Gasteiger partial charge in [0, 0.05) is 24.7 Å². The zero-order chi connectivity index (χ0) is 13.8. The van der Waals surface area contributed by atoms with Crippen molar-refractivity contribution in [3.05, 3.63) is 41.2 Å². The second-order valence-corrected chi connectivity index (χ2v) is 5.32. The normalized spacial score (nSPS) is 28.6. The van der Waals surface area contributed by atoms with Crippen molar-refractivity contribution in [1.29, 1.82) is 0 Å². The van der Waals surface area contributed by atoms with Gasteiger partial charge in [0.05, 0.1) is 0 Å². The van der Waals surface area contributed by atoms with Gasteiger partial charge < -0.3 is 5.11 Å². The molecule has 0 radical (unpaired) electrons. The Kier molecular flexibility index (Phi) is 4.56. The topological polar surface area (TPSA) is 53.4 Å². The van der Waals surface area contributed by atoms with Crippen LogP contribution in [0.4, 0.5) is 0 Å². The van der Waals surface area contributed by atoms with E-state index in [0.717, 1.165) is 0 Å². The lowest BCUT2D eigenvalue weighted by Gasteiger charge is -2.44. The molecule has 1 fully saturated rings. The molecule has 1 aromatic rings. The number of carboxylic acid groups (broad SMARTS) is 1. The first kappa shape index (κ1) is 14.0. The highest BCUT2D eigenvalue weighted by Gasteiger charge is 2.36. The van der Waals surface area contributed by atoms with Crippen molar-refractivity contribution in [2.75, 3.05) is 13.6 Å². The molecule has 4 rings (SSSR count). The van der Waals surface area contributed by atoms with Gasteiger partial charge in [-0.2, -0.15) is 0 Å². The van der Waals surface area contributed by atoms with Crippen LogP contribution in [0.1, 0.15) is 17.9 Å². The Labute approximate surface area is 117 Å². The summed E-state index contributed by atoms with van der Waals surface area (Å²) in [5, 5.41) is 7.47. The predicted molar refractivity (Wildman–Crippen MR) is 74.3 cm³/mol. The maximum absolute atomic E-state index is 8.36. The maximum atomic E-state index is 8.36. The van der Waals surface area contributed by atoms with E-state index >= 15 is 0 Å². The number of hydrogen-bond acceptors (Lipinski definition) is 3. The van der Waals surface area contributed by atoms with E-state index in [2.05, 4.69) is 35.1 Å². The molecule has 0 spiro atoms. The first-order valence-corrected chi connectivity index (χ1v) is 6.61. The van der Waals surface area contributed by atoms with Gasteiger partial charge in [-0.3, -0.25) is 9.69 Å². The Balaban J connectivity index is 0.000000408. The van der Waals surface area contributed by atoms with Crippen LogP contribution in [0.25, 0.3) is 0 Å². The van der Waals surface area contributed by atoms with E-state index in [1.807, 2.05) is 12.3 Å². The molecule has 0 saturated carbocycles. The minimum absolute atomic E-state index is 0.250. The molecular formula is C14H17ClN2O2. The molecule has 1 N–H and O–H groups in total. The van der Waals surface area contributed by atoms with Crippen molar-refractivity contribution in [2.24, 2.45) is 5.92 Å². The number of halogens is 1. The summed E-state index contributed by atoms with van der Waals surface area (Å²) in [6.07, 6.45) is 7.88. The first-order valence-electron chi connectivity index (χ1n) is 6.23. The molecule has 2 aliphatic heterocycles. The molecule has 102 valence electrons. The lowest BCUT2D eigenvalue weighted by molar-refractivity contribution is -0.122. The van der Waals surface area contributed by atoms with Crippen LogP contribution >= 0.6 is 11.6 Å². The molecule has 2 bridgehead atoms. The van der Waals surface area contributed by atoms with E-state index in [1.165, 1.54) is 18.5 Å². The van der Waals surface area contributed by atoms with Gasteiger partial charge in [-0.1, -0.05) is 29.8 Å². The highest BCUT2D eigenvalue weighted by atomic mass is 35.5. The van der Waals surface area contributed by atoms with Crippen molar-refractivity contribution in [3.8, 4) is 0 Å². The third-order valence-electron chi connectivity index (χ3n) is 3.76. The molecule has 3 atom stereocenters. The Morgan fingerprint density at radius 3 is 2.74 bits per heavy atom. The molecule has 1 aromatic heterocycles. The summed E-state index contributed by atoms with van der Waals surface area (Å²) in [6, 6.07) is 4.54. The smallest absolute Gasteiger partial charge is 0.290 e. The van der Waals surface area contributed by atoms with Crippen LogP contribution in [0.5, 0.6) is 0 Å². The van der Waals surface area contributed by atoms with Crippen LogP contribution in [-0.4, -0.2) is 41.1 Å². The number of carbonyl (C=O) groups is 1. The zero-order valence-electron chi connectivity index (χ0n) is 10.7. The summed E-state index contributed by atoms with van der Waals surface area (Å²) in [6.45, 7) is 0.943. The zero-order valence-corrected chi connectivity index (χ0v) is 11.5. The van der Waals surface area contributed by atoms with Crippen molar-refractivity contribution in [3.63, 3.8) is 0 Å². The number of fused-ring (bicyclic) bond motifs is 2. The second-order valence-electron chi connectivity index (χ2n) is 4.94. The minimum Gasteiger partial charge on any atom is -0.483 e. The van der Waals surface area contributed by atoms with E-state index in [4.69, 9.17) is 21.5 Å². The number of piperidine rings is 1. The number of nitrogens with zero attached hydrogens (tertiary/aromatic N) is 2. The van der Waals surface area contributed by atoms with Crippen LogP contribution in [0.3, 0.4) is 0 Å². The molecule has 1 saturated heterocycles. The van der Waals surface area contributed by atoms with Crippen LogP contribution < -0.4 is 0 Å². The highest BCUT2D eigenvalue weighted by Crippen LogP contribution is 2.39. The Morgan fingerprint density at radius 1 is 1.47 bits per heavy atom. The number of hydrogen-bond donors (Lipinski definition) is 1. The molecule has 3 unspecified atom stereocenters. The van der Waals surface area contributed by atoms with Gasteiger partial charge in [0.25, 0.3) is 6.47 Å². The molecule has 0 aromatic carbocycles. The monoisotopic (exact) mass is 280 g/mol. The minimum atomic E-state index is -0.250. The van der Waals surface area contributed by atoms with Crippen LogP contribution in [0.15, 0.2) is 30.5 Å². The lowest BCUT2D eigenvalue weighted by Crippen LogP contribution is -2.47. The first-order chi connectivity index (χ1) is 9.15. The SMILES string of the molecule is CN1CC2C=CC1C(c1ccc(Cl)nc1)C2.O=CO. The average Bonchev–Trinajstić information content (AvgIpc) is 2.40. The van der Waals surface area contributed by atoms with Gasteiger partial charge in [-0.05, 0) is 31.0 Å². The lowest BCUT2D eigenvalue weighted by atomic mass is 9.75. The summed E-state index contributed by atoms with van der Waals surface area (Å²) < 4.78 is 0. The molecule has 3 aliphatic rings. The van der Waals surface area contributed by atoms with Gasteiger partial charge >= 0.3 is 0 Å². The summed E-state index contributed by atoms with van der Waals surface area (Å²) in [4.78, 5) is 15.0. The third kappa shape index (κ3) is 3.14. The fourth-order valence-electron chi connectivity index (χ4n) is 2.97. The Morgan fingerprint density at radius 2 is 2.21 bits per heavy atom. The number of likely N-dealkylation sites (N-methyl/N-ethyl adjacent to an activating group) is 1. The van der Waals surface area contributed by atoms with E-state index in [9.17, 15) is 0 Å². The maximum Gasteiger partial charge on any atom is 0.290 e. The molecule has 3 heterocycles. The fourth-order valence-corrected chi connectivity index (χ4v) is 3.08. The van der Waals surface area contributed by atoms with Crippen LogP contribution in [0.2, 0.25) is 5.15 Å². The predicted octanol–water partition coefficient (Wildman–Crippen LogP) is 2.41. The van der Waals surface area contributed by atoms with Gasteiger partial charge in [0.1, 0.15) is 5.15 Å². The quantitative estimate of drug-likeness (QED) is 0.488. The van der Waals surface area contributed by atoms with Gasteiger partial charge in [-0.15, -0.1) is 0 Å². The average molecular weight is 281 g/mol. The molecular weight excluding hydrogens is 264 g/mol. The highest BCUT2D eigenvalue weighted by molar-refractivity contribution is 6.29. The van der Waals surface area contributed by atoms with Gasteiger partial charge in [0.15, 0.2) is 0 Å². The van der Waals surface area contributed by atoms with Crippen LogP contribution in [0, 0.1) is 5.92 Å². The number of rotatable bonds is 1. The van der Waals surface area contributed by atoms with Crippen molar-refractivity contribution in [2.45, 2.75) is 18.4 Å². The summed E-state index contributed by atoms with van der Waals surface area (Å²) in [5.41, 5.74) is 1.32. The van der Waals surface area contributed by atoms with Crippen molar-refractivity contribution in [1.82, 2.24) is 9.88 Å². The van der Waals surface area contributed by atoms with Gasteiger partial charge in [0.2, 0.25) is 0 Å². The summed E-state index contributed by atoms with van der Waals surface area (Å²) >= 11 is 5.82. The van der Waals surface area contributed by atoms with E-state index < -0.39 is 0 Å². The molecule has 5 heteroatoms. The summed E-state index contributed by atoms with van der Waals surface area (Å²) in [5.74, 6) is 1.29. The second kappa shape index (κ2) is 6.17. The Hall–Kier alpha value is -1.39.